The number of rotatable bonds is 5. The Balaban J connectivity index is 2.69. The van der Waals surface area contributed by atoms with Gasteiger partial charge in [-0.2, -0.15) is 0 Å². The first-order valence-corrected chi connectivity index (χ1v) is 7.43. The Morgan fingerprint density at radius 2 is 1.89 bits per heavy atom. The highest BCUT2D eigenvalue weighted by molar-refractivity contribution is 7.88. The van der Waals surface area contributed by atoms with E-state index >= 15 is 0 Å². The minimum absolute atomic E-state index is 0.0447. The zero-order valence-electron chi connectivity index (χ0n) is 10.5. The van der Waals surface area contributed by atoms with Gasteiger partial charge in [-0.1, -0.05) is 26.0 Å². The molecule has 0 aliphatic carbocycles. The Hall–Kier alpha value is -1.40. The van der Waals surface area contributed by atoms with E-state index in [-0.39, 0.29) is 17.6 Å². The van der Waals surface area contributed by atoms with Gasteiger partial charge < -0.3 is 5.32 Å². The molecule has 18 heavy (non-hydrogen) atoms. The van der Waals surface area contributed by atoms with E-state index in [0.717, 1.165) is 6.42 Å². The monoisotopic (exact) mass is 270 g/mol. The summed E-state index contributed by atoms with van der Waals surface area (Å²) >= 11 is 0. The summed E-state index contributed by atoms with van der Waals surface area (Å²) in [7, 11) is -3.52. The largest absolute Gasteiger partial charge is 0.326 e. The number of nitrogens with one attached hydrogen (secondary N) is 1. The second-order valence-electron chi connectivity index (χ2n) is 4.30. The summed E-state index contributed by atoms with van der Waals surface area (Å²) in [4.78, 5) is 11.6. The molecule has 0 aliphatic rings. The summed E-state index contributed by atoms with van der Waals surface area (Å²) in [6.07, 6.45) is 0.773. The van der Waals surface area contributed by atoms with Crippen LogP contribution in [0.5, 0.6) is 0 Å². The molecule has 0 heterocycles. The smallest absolute Gasteiger partial charge is 0.227 e. The lowest BCUT2D eigenvalue weighted by atomic mass is 10.1. The lowest BCUT2D eigenvalue weighted by Crippen LogP contribution is -2.19. The Kier molecular flexibility index (Phi) is 4.86. The van der Waals surface area contributed by atoms with Gasteiger partial charge in [0.1, 0.15) is 0 Å². The van der Waals surface area contributed by atoms with Crippen LogP contribution >= 0.6 is 0 Å². The summed E-state index contributed by atoms with van der Waals surface area (Å²) < 4.78 is 21.8. The number of nitrogens with two attached hydrogens (primary N) is 1. The van der Waals surface area contributed by atoms with Gasteiger partial charge in [0.25, 0.3) is 0 Å². The van der Waals surface area contributed by atoms with Gasteiger partial charge in [0.15, 0.2) is 0 Å². The third kappa shape index (κ3) is 4.85. The molecule has 5 nitrogen and oxygen atoms in total. The minimum Gasteiger partial charge on any atom is -0.326 e. The van der Waals surface area contributed by atoms with Gasteiger partial charge in [-0.25, -0.2) is 13.6 Å². The molecule has 0 radical (unpaired) electrons. The maximum absolute atomic E-state index is 11.6. The highest BCUT2D eigenvalue weighted by atomic mass is 32.2. The molecule has 1 unspecified atom stereocenters. The highest BCUT2D eigenvalue weighted by Crippen LogP contribution is 2.13. The number of amides is 1. The number of hydrogen-bond donors (Lipinski definition) is 2. The van der Waals surface area contributed by atoms with Crippen LogP contribution < -0.4 is 10.5 Å². The first kappa shape index (κ1) is 14.7. The van der Waals surface area contributed by atoms with Crippen LogP contribution in [0.1, 0.15) is 25.8 Å². The zero-order valence-corrected chi connectivity index (χ0v) is 11.3. The minimum atomic E-state index is -3.52. The Bertz CT molecular complexity index is 509. The van der Waals surface area contributed by atoms with Crippen molar-refractivity contribution in [2.75, 3.05) is 5.32 Å². The molecule has 6 heteroatoms. The van der Waals surface area contributed by atoms with E-state index in [9.17, 15) is 13.2 Å². The molecular weight excluding hydrogens is 252 g/mol. The van der Waals surface area contributed by atoms with Crippen LogP contribution in [0.15, 0.2) is 24.3 Å². The van der Waals surface area contributed by atoms with Gasteiger partial charge in [-0.05, 0) is 24.1 Å². The highest BCUT2D eigenvalue weighted by Gasteiger charge is 2.10. The number of hydrogen-bond acceptors (Lipinski definition) is 3. The van der Waals surface area contributed by atoms with Crippen molar-refractivity contribution in [2.24, 2.45) is 11.1 Å². The Labute approximate surface area is 107 Å². The molecule has 0 saturated heterocycles. The molecular formula is C12H18N2O3S. The SMILES string of the molecule is CCC(C)C(=O)Nc1ccc(CS(N)(=O)=O)cc1. The van der Waals surface area contributed by atoms with Crippen LogP contribution in [0.3, 0.4) is 0 Å². The summed E-state index contributed by atoms with van der Waals surface area (Å²) in [6.45, 7) is 3.80. The average Bonchev–Trinajstić information content (AvgIpc) is 2.28. The molecule has 0 bridgehead atoms. The van der Waals surface area contributed by atoms with Crippen molar-refractivity contribution < 1.29 is 13.2 Å². The van der Waals surface area contributed by atoms with Crippen LogP contribution in [0.25, 0.3) is 0 Å². The lowest BCUT2D eigenvalue weighted by molar-refractivity contribution is -0.119. The van der Waals surface area contributed by atoms with Gasteiger partial charge in [0.2, 0.25) is 15.9 Å². The molecule has 100 valence electrons. The summed E-state index contributed by atoms with van der Waals surface area (Å²) in [5, 5.41) is 7.71. The van der Waals surface area contributed by atoms with Crippen LogP contribution in [-0.2, 0) is 20.6 Å². The summed E-state index contributed by atoms with van der Waals surface area (Å²) in [6, 6.07) is 6.61. The second-order valence-corrected chi connectivity index (χ2v) is 5.92. The van der Waals surface area contributed by atoms with Crippen molar-refractivity contribution in [3.05, 3.63) is 29.8 Å². The van der Waals surface area contributed by atoms with Gasteiger partial charge in [-0.15, -0.1) is 0 Å². The predicted molar refractivity (Wildman–Crippen MR) is 71.3 cm³/mol. The van der Waals surface area contributed by atoms with Gasteiger partial charge in [0.05, 0.1) is 5.75 Å². The molecule has 0 aliphatic heterocycles. The maximum atomic E-state index is 11.6. The van der Waals surface area contributed by atoms with Crippen molar-refractivity contribution in [1.29, 1.82) is 0 Å². The molecule has 1 atom stereocenters. The average molecular weight is 270 g/mol. The molecule has 0 fully saturated rings. The fraction of sp³-hybridized carbons (Fsp3) is 0.417. The number of anilines is 1. The standard InChI is InChI=1S/C12H18N2O3S/c1-3-9(2)12(15)14-11-6-4-10(5-7-11)8-18(13,16)17/h4-7,9H,3,8H2,1-2H3,(H,14,15)(H2,13,16,17). The number of carbonyl (C=O) groups is 1. The molecule has 0 spiro atoms. The normalized spacial score (nSPS) is 13.1. The van der Waals surface area contributed by atoms with E-state index in [1.165, 1.54) is 0 Å². The number of carbonyl (C=O) groups excluding carboxylic acids is 1. The number of benzene rings is 1. The van der Waals surface area contributed by atoms with Crippen LogP contribution in [0.4, 0.5) is 5.69 Å². The topological polar surface area (TPSA) is 89.3 Å². The number of sulfonamides is 1. The van der Waals surface area contributed by atoms with Crippen LogP contribution in [-0.4, -0.2) is 14.3 Å². The van der Waals surface area contributed by atoms with Crippen molar-refractivity contribution >= 4 is 21.6 Å². The maximum Gasteiger partial charge on any atom is 0.227 e. The molecule has 0 saturated carbocycles. The molecule has 1 aromatic carbocycles. The predicted octanol–water partition coefficient (Wildman–Crippen LogP) is 1.46. The Morgan fingerprint density at radius 3 is 2.33 bits per heavy atom. The second kappa shape index (κ2) is 5.97. The van der Waals surface area contributed by atoms with Gasteiger partial charge in [0, 0.05) is 11.6 Å². The quantitative estimate of drug-likeness (QED) is 0.848. The third-order valence-electron chi connectivity index (χ3n) is 2.65. The van der Waals surface area contributed by atoms with Crippen molar-refractivity contribution in [3.8, 4) is 0 Å². The molecule has 1 aromatic rings. The van der Waals surface area contributed by atoms with E-state index < -0.39 is 10.0 Å². The molecule has 0 aromatic heterocycles. The van der Waals surface area contributed by atoms with E-state index in [0.29, 0.717) is 11.3 Å². The zero-order chi connectivity index (χ0) is 13.8. The summed E-state index contributed by atoms with van der Waals surface area (Å²) in [5.41, 5.74) is 1.25. The van der Waals surface area contributed by atoms with Crippen molar-refractivity contribution in [3.63, 3.8) is 0 Å². The van der Waals surface area contributed by atoms with Gasteiger partial charge in [-0.3, -0.25) is 4.79 Å². The molecule has 3 N–H and O–H groups in total. The number of primary sulfonamides is 1. The molecule has 1 rings (SSSR count). The van der Waals surface area contributed by atoms with E-state index in [1.807, 2.05) is 13.8 Å². The van der Waals surface area contributed by atoms with E-state index in [4.69, 9.17) is 5.14 Å². The van der Waals surface area contributed by atoms with Crippen molar-refractivity contribution in [1.82, 2.24) is 0 Å². The van der Waals surface area contributed by atoms with E-state index in [1.54, 1.807) is 24.3 Å². The first-order chi connectivity index (χ1) is 8.31. The van der Waals surface area contributed by atoms with Crippen LogP contribution in [0.2, 0.25) is 0 Å². The fourth-order valence-corrected chi connectivity index (χ4v) is 2.02. The fourth-order valence-electron chi connectivity index (χ4n) is 1.37. The van der Waals surface area contributed by atoms with Gasteiger partial charge >= 0.3 is 0 Å². The third-order valence-corrected chi connectivity index (χ3v) is 3.38. The summed E-state index contributed by atoms with van der Waals surface area (Å²) in [5.74, 6) is -0.294. The van der Waals surface area contributed by atoms with E-state index in [2.05, 4.69) is 5.32 Å². The first-order valence-electron chi connectivity index (χ1n) is 5.72. The lowest BCUT2D eigenvalue weighted by Gasteiger charge is -2.10. The van der Waals surface area contributed by atoms with Crippen molar-refractivity contribution in [2.45, 2.75) is 26.0 Å². The Morgan fingerprint density at radius 1 is 1.33 bits per heavy atom. The molecule has 1 amide bonds. The van der Waals surface area contributed by atoms with Crippen LogP contribution in [0, 0.1) is 5.92 Å².